The van der Waals surface area contributed by atoms with E-state index in [0.29, 0.717) is 17.9 Å². The lowest BCUT2D eigenvalue weighted by atomic mass is 10.1. The van der Waals surface area contributed by atoms with Crippen LogP contribution in [0, 0.1) is 11.3 Å². The molecule has 5 heteroatoms. The van der Waals surface area contributed by atoms with Crippen molar-refractivity contribution >= 4 is 6.16 Å². The van der Waals surface area contributed by atoms with E-state index in [-0.39, 0.29) is 6.61 Å². The second-order valence-corrected chi connectivity index (χ2v) is 3.28. The number of carbonyl (C=O) groups excluding carboxylic acids is 1. The van der Waals surface area contributed by atoms with Gasteiger partial charge in [-0.1, -0.05) is 18.2 Å². The molecule has 1 aromatic carbocycles. The highest BCUT2D eigenvalue weighted by Gasteiger charge is 2.20. The van der Waals surface area contributed by atoms with Crippen molar-refractivity contribution < 1.29 is 19.0 Å². The zero-order valence-electron chi connectivity index (χ0n) is 10.4. The predicted octanol–water partition coefficient (Wildman–Crippen LogP) is 2.82. The fourth-order valence-electron chi connectivity index (χ4n) is 1.39. The zero-order valence-corrected chi connectivity index (χ0v) is 10.4. The Bertz CT molecular complexity index is 439. The third-order valence-electron chi connectivity index (χ3n) is 2.09. The third kappa shape index (κ3) is 3.67. The Morgan fingerprint density at radius 3 is 2.67 bits per heavy atom. The van der Waals surface area contributed by atoms with Gasteiger partial charge >= 0.3 is 6.16 Å². The molecule has 96 valence electrons. The van der Waals surface area contributed by atoms with Crippen LogP contribution in [0.2, 0.25) is 0 Å². The smallest absolute Gasteiger partial charge is 0.493 e. The lowest BCUT2D eigenvalue weighted by Crippen LogP contribution is -2.12. The van der Waals surface area contributed by atoms with Crippen LogP contribution in [0.25, 0.3) is 0 Å². The van der Waals surface area contributed by atoms with Gasteiger partial charge in [-0.3, -0.25) is 0 Å². The van der Waals surface area contributed by atoms with Crippen LogP contribution in [0.15, 0.2) is 24.3 Å². The number of ether oxygens (including phenoxy) is 3. The molecule has 1 rings (SSSR count). The Hall–Kier alpha value is -2.22. The summed E-state index contributed by atoms with van der Waals surface area (Å²) in [6.45, 7) is 4.17. The van der Waals surface area contributed by atoms with Crippen LogP contribution in [-0.4, -0.2) is 19.4 Å². The molecule has 0 N–H and O–H groups in total. The summed E-state index contributed by atoms with van der Waals surface area (Å²) in [5, 5.41) is 9.05. The average Bonchev–Trinajstić information content (AvgIpc) is 2.37. The number of hydrogen-bond donors (Lipinski definition) is 0. The van der Waals surface area contributed by atoms with E-state index in [9.17, 15) is 4.79 Å². The minimum absolute atomic E-state index is 0.199. The van der Waals surface area contributed by atoms with Crippen LogP contribution >= 0.6 is 0 Å². The molecule has 0 bridgehead atoms. The molecule has 0 radical (unpaired) electrons. The van der Waals surface area contributed by atoms with Crippen LogP contribution in [0.1, 0.15) is 25.5 Å². The molecule has 0 unspecified atom stereocenters. The Kier molecular flexibility index (Phi) is 5.52. The maximum atomic E-state index is 11.2. The quantitative estimate of drug-likeness (QED) is 0.750. The number of nitriles is 1. The lowest BCUT2D eigenvalue weighted by Gasteiger charge is -2.14. The third-order valence-corrected chi connectivity index (χ3v) is 2.09. The summed E-state index contributed by atoms with van der Waals surface area (Å²) in [7, 11) is 0. The van der Waals surface area contributed by atoms with E-state index >= 15 is 0 Å². The fourth-order valence-corrected chi connectivity index (χ4v) is 1.39. The van der Waals surface area contributed by atoms with Gasteiger partial charge in [-0.15, -0.1) is 0 Å². The Labute approximate surface area is 106 Å². The first-order valence-corrected chi connectivity index (χ1v) is 5.67. The number of nitrogens with zero attached hydrogens (tertiary/aromatic N) is 1. The van der Waals surface area contributed by atoms with Crippen LogP contribution in [0.3, 0.4) is 0 Å². The van der Waals surface area contributed by atoms with E-state index in [1.54, 1.807) is 31.2 Å². The molecule has 1 aromatic rings. The Balaban J connectivity index is 2.88. The first kappa shape index (κ1) is 13.8. The van der Waals surface area contributed by atoms with Gasteiger partial charge < -0.3 is 14.2 Å². The molecule has 1 atom stereocenters. The number of hydrogen-bond acceptors (Lipinski definition) is 5. The number of para-hydroxylation sites is 1. The first-order valence-electron chi connectivity index (χ1n) is 5.67. The fraction of sp³-hybridized carbons (Fsp3) is 0.385. The standard InChI is InChI=1S/C13H15NO4/c1-3-16-11-8-6-5-7-10(11)12(9-14)18-13(15)17-4-2/h5-8,12H,3-4H2,1-2H3/t12-/m1/s1. The monoisotopic (exact) mass is 249 g/mol. The molecular weight excluding hydrogens is 234 g/mol. The highest BCUT2D eigenvalue weighted by Crippen LogP contribution is 2.27. The summed E-state index contributed by atoms with van der Waals surface area (Å²) in [6, 6.07) is 8.83. The highest BCUT2D eigenvalue weighted by molar-refractivity contribution is 5.61. The van der Waals surface area contributed by atoms with Gasteiger partial charge in [-0.25, -0.2) is 4.79 Å². The van der Waals surface area contributed by atoms with Gasteiger partial charge in [0, 0.05) is 5.56 Å². The maximum absolute atomic E-state index is 11.2. The molecule has 0 aliphatic carbocycles. The van der Waals surface area contributed by atoms with E-state index in [4.69, 9.17) is 14.7 Å². The average molecular weight is 249 g/mol. The number of carbonyl (C=O) groups is 1. The van der Waals surface area contributed by atoms with Gasteiger partial charge in [-0.2, -0.15) is 5.26 Å². The SMILES string of the molecule is CCOC(=O)O[C@H](C#N)c1ccccc1OCC. The second kappa shape index (κ2) is 7.17. The molecule has 0 spiro atoms. The van der Waals surface area contributed by atoms with Crippen molar-refractivity contribution in [1.29, 1.82) is 5.26 Å². The highest BCUT2D eigenvalue weighted by atomic mass is 16.7. The van der Waals surface area contributed by atoms with E-state index in [1.165, 1.54) is 0 Å². The van der Waals surface area contributed by atoms with E-state index in [0.717, 1.165) is 0 Å². The first-order chi connectivity index (χ1) is 8.72. The molecule has 0 fully saturated rings. The predicted molar refractivity (Wildman–Crippen MR) is 64.1 cm³/mol. The van der Waals surface area contributed by atoms with E-state index in [1.807, 2.05) is 13.0 Å². The minimum Gasteiger partial charge on any atom is -0.493 e. The van der Waals surface area contributed by atoms with Crippen molar-refractivity contribution in [3.63, 3.8) is 0 Å². The molecule has 5 nitrogen and oxygen atoms in total. The van der Waals surface area contributed by atoms with E-state index in [2.05, 4.69) is 4.74 Å². The van der Waals surface area contributed by atoms with Crippen LogP contribution < -0.4 is 4.74 Å². The molecule has 0 aromatic heterocycles. The summed E-state index contributed by atoms with van der Waals surface area (Å²) >= 11 is 0. The summed E-state index contributed by atoms with van der Waals surface area (Å²) in [5.41, 5.74) is 0.509. The van der Waals surface area contributed by atoms with Crippen molar-refractivity contribution in [2.45, 2.75) is 20.0 Å². The lowest BCUT2D eigenvalue weighted by molar-refractivity contribution is 0.0414. The summed E-state index contributed by atoms with van der Waals surface area (Å²) in [6.07, 6.45) is -1.90. The summed E-state index contributed by atoms with van der Waals surface area (Å²) < 4.78 is 14.9. The topological polar surface area (TPSA) is 68.5 Å². The molecule has 0 heterocycles. The molecule has 0 aliphatic heterocycles. The van der Waals surface area contributed by atoms with Gasteiger partial charge in [0.1, 0.15) is 11.8 Å². The summed E-state index contributed by atoms with van der Waals surface area (Å²) in [5.74, 6) is 0.524. The molecule has 0 saturated carbocycles. The van der Waals surface area contributed by atoms with Gasteiger partial charge in [0.25, 0.3) is 0 Å². The van der Waals surface area contributed by atoms with Crippen molar-refractivity contribution in [3.8, 4) is 11.8 Å². The zero-order chi connectivity index (χ0) is 13.4. The van der Waals surface area contributed by atoms with E-state index < -0.39 is 12.3 Å². The maximum Gasteiger partial charge on any atom is 0.509 e. The molecule has 0 aliphatic rings. The van der Waals surface area contributed by atoms with Crippen molar-refractivity contribution in [2.75, 3.05) is 13.2 Å². The summed E-state index contributed by atoms with van der Waals surface area (Å²) in [4.78, 5) is 11.2. The molecule has 0 amide bonds. The van der Waals surface area contributed by atoms with Gasteiger partial charge in [-0.05, 0) is 19.9 Å². The second-order valence-electron chi connectivity index (χ2n) is 3.28. The van der Waals surface area contributed by atoms with Crippen molar-refractivity contribution in [3.05, 3.63) is 29.8 Å². The molecule has 18 heavy (non-hydrogen) atoms. The van der Waals surface area contributed by atoms with Gasteiger partial charge in [0.15, 0.2) is 0 Å². The van der Waals surface area contributed by atoms with Crippen LogP contribution in [0.5, 0.6) is 5.75 Å². The largest absolute Gasteiger partial charge is 0.509 e. The van der Waals surface area contributed by atoms with Gasteiger partial charge in [0.2, 0.25) is 6.10 Å². The van der Waals surface area contributed by atoms with Crippen molar-refractivity contribution in [1.82, 2.24) is 0 Å². The Morgan fingerprint density at radius 2 is 2.06 bits per heavy atom. The normalized spacial score (nSPS) is 11.2. The number of rotatable bonds is 5. The Morgan fingerprint density at radius 1 is 1.33 bits per heavy atom. The molecule has 0 saturated heterocycles. The van der Waals surface area contributed by atoms with Crippen LogP contribution in [-0.2, 0) is 9.47 Å². The minimum atomic E-state index is -1.04. The van der Waals surface area contributed by atoms with Crippen LogP contribution in [0.4, 0.5) is 4.79 Å². The molecular formula is C13H15NO4. The van der Waals surface area contributed by atoms with Gasteiger partial charge in [0.05, 0.1) is 13.2 Å². The number of benzene rings is 1. The van der Waals surface area contributed by atoms with Crippen molar-refractivity contribution in [2.24, 2.45) is 0 Å².